The Balaban J connectivity index is 0.00000129. The van der Waals surface area contributed by atoms with Crippen LogP contribution in [0.3, 0.4) is 0 Å². The molecule has 34 heavy (non-hydrogen) atoms. The van der Waals surface area contributed by atoms with Crippen molar-refractivity contribution in [2.45, 2.75) is 33.2 Å². The summed E-state index contributed by atoms with van der Waals surface area (Å²) < 4.78 is 33.0. The number of benzene rings is 1. The number of hydrogen-bond donors (Lipinski definition) is 2. The minimum absolute atomic E-state index is 0.0365. The molecule has 1 amide bonds. The molecule has 0 unspecified atom stereocenters. The first-order valence-corrected chi connectivity index (χ1v) is 11.6. The predicted octanol–water partition coefficient (Wildman–Crippen LogP) is 4.17. The molecule has 0 aliphatic carbocycles. The summed E-state index contributed by atoms with van der Waals surface area (Å²) in [6.07, 6.45) is 3.98. The predicted molar refractivity (Wildman–Crippen MR) is 130 cm³/mol. The first-order valence-electron chi connectivity index (χ1n) is 10.7. The number of thioether (sulfide) groups is 1. The van der Waals surface area contributed by atoms with Gasteiger partial charge in [-0.15, -0.1) is 0 Å². The average Bonchev–Trinajstić information content (AvgIpc) is 2.78. The third kappa shape index (κ3) is 6.32. The highest BCUT2D eigenvalue weighted by Gasteiger charge is 2.29. The van der Waals surface area contributed by atoms with Crippen molar-refractivity contribution >= 4 is 22.7 Å². The van der Waals surface area contributed by atoms with Crippen LogP contribution in [0.4, 0.5) is 8.78 Å². The fraction of sp³-hybridized carbons (Fsp3) is 0.375. The van der Waals surface area contributed by atoms with Crippen molar-refractivity contribution in [3.8, 4) is 5.75 Å². The second-order valence-corrected chi connectivity index (χ2v) is 8.61. The van der Waals surface area contributed by atoms with E-state index in [2.05, 4.69) is 4.74 Å². The van der Waals surface area contributed by atoms with Gasteiger partial charge in [0.05, 0.1) is 5.56 Å². The number of carbonyl (C=O) groups excluding carboxylic acids is 1. The largest absolute Gasteiger partial charge is 0.503 e. The van der Waals surface area contributed by atoms with Crippen LogP contribution >= 0.6 is 11.8 Å². The lowest BCUT2D eigenvalue weighted by molar-refractivity contribution is 0.0707. The lowest BCUT2D eigenvalue weighted by Crippen LogP contribution is -2.41. The number of likely N-dealkylation sites (N-methyl/N-ethyl adjacent to an activating group) is 1. The smallest absolute Gasteiger partial charge is 0.274 e. The van der Waals surface area contributed by atoms with Crippen LogP contribution in [0, 0.1) is 17.0 Å². The molecule has 10 heteroatoms. The number of ether oxygens (including phenoxy) is 1. The van der Waals surface area contributed by atoms with Gasteiger partial charge in [-0.1, -0.05) is 30.8 Å². The highest BCUT2D eigenvalue weighted by Crippen LogP contribution is 2.28. The number of pyridine rings is 1. The topological polar surface area (TPSA) is 95.6 Å². The maximum Gasteiger partial charge on any atom is 0.274 e. The van der Waals surface area contributed by atoms with Gasteiger partial charge in [0, 0.05) is 52.5 Å². The Kier molecular flexibility index (Phi) is 10.0. The third-order valence-electron chi connectivity index (χ3n) is 5.03. The van der Waals surface area contributed by atoms with Crippen LogP contribution in [0.25, 0.3) is 0 Å². The Labute approximate surface area is 201 Å². The Hall–Kier alpha value is -2.98. The van der Waals surface area contributed by atoms with Crippen molar-refractivity contribution in [1.29, 1.82) is 5.41 Å². The number of fused-ring (bicyclic) bond motifs is 1. The van der Waals surface area contributed by atoms with E-state index in [4.69, 9.17) is 5.41 Å². The molecule has 1 aliphatic heterocycles. The number of allylic oxidation sites excluding steroid dienone is 2. The van der Waals surface area contributed by atoms with E-state index in [1.807, 2.05) is 13.8 Å². The first-order chi connectivity index (χ1) is 16.2. The molecular weight excluding hydrogens is 464 g/mol. The van der Waals surface area contributed by atoms with E-state index in [1.165, 1.54) is 27.8 Å². The summed E-state index contributed by atoms with van der Waals surface area (Å²) in [4.78, 5) is 27.4. The van der Waals surface area contributed by atoms with E-state index in [9.17, 15) is 23.5 Å². The van der Waals surface area contributed by atoms with Crippen LogP contribution in [-0.2, 0) is 17.7 Å². The Morgan fingerprint density at radius 3 is 2.50 bits per heavy atom. The van der Waals surface area contributed by atoms with Crippen molar-refractivity contribution < 1.29 is 23.4 Å². The zero-order valence-corrected chi connectivity index (χ0v) is 20.5. The summed E-state index contributed by atoms with van der Waals surface area (Å²) in [5.41, 5.74) is -0.626. The van der Waals surface area contributed by atoms with Gasteiger partial charge in [-0.3, -0.25) is 15.0 Å². The van der Waals surface area contributed by atoms with Crippen molar-refractivity contribution in [3.63, 3.8) is 0 Å². The van der Waals surface area contributed by atoms with E-state index < -0.39 is 28.7 Å². The molecule has 2 N–H and O–H groups in total. The van der Waals surface area contributed by atoms with Gasteiger partial charge >= 0.3 is 0 Å². The molecule has 0 radical (unpaired) electrons. The van der Waals surface area contributed by atoms with E-state index >= 15 is 0 Å². The fourth-order valence-electron chi connectivity index (χ4n) is 3.41. The van der Waals surface area contributed by atoms with Crippen LogP contribution in [0.5, 0.6) is 5.75 Å². The maximum atomic E-state index is 14.1. The van der Waals surface area contributed by atoms with Gasteiger partial charge in [-0.05, 0) is 29.9 Å². The third-order valence-corrected chi connectivity index (χ3v) is 6.03. The minimum atomic E-state index is -0.793. The summed E-state index contributed by atoms with van der Waals surface area (Å²) in [6, 6.07) is 3.32. The average molecular weight is 494 g/mol. The molecule has 0 atom stereocenters. The number of nitrogens with zero attached hydrogens (tertiary/aromatic N) is 2. The second kappa shape index (κ2) is 12.5. The van der Waals surface area contributed by atoms with Gasteiger partial charge in [0.15, 0.2) is 11.4 Å². The summed E-state index contributed by atoms with van der Waals surface area (Å²) in [6.45, 7) is 5.00. The number of hydrogen-bond acceptors (Lipinski definition) is 6. The number of aromatic nitrogens is 1. The standard InChI is InChI=1S/C22H23F2N3O3S.C2H6O/c1-3-5-15(10-13-6-7-14(23)11-17(13)24)31-21(25)16-12-27-9-8-26(4-2)22(30)18(27)20(29)19(16)28;1-3-2/h5-7,11-12,25,29H,3-4,8-10H2,1-2H3;1-2H3/b15-5+,25-21?;. The molecule has 3 rings (SSSR count). The molecule has 0 saturated heterocycles. The van der Waals surface area contributed by atoms with Crippen molar-refractivity contribution in [3.05, 3.63) is 74.1 Å². The zero-order chi connectivity index (χ0) is 25.4. The number of rotatable bonds is 6. The summed E-state index contributed by atoms with van der Waals surface area (Å²) in [7, 11) is 3.25. The monoisotopic (exact) mass is 493 g/mol. The fourth-order valence-corrected chi connectivity index (χ4v) is 4.41. The van der Waals surface area contributed by atoms with E-state index in [1.54, 1.807) is 20.3 Å². The van der Waals surface area contributed by atoms with Crippen LogP contribution in [0.15, 0.2) is 40.2 Å². The quantitative estimate of drug-likeness (QED) is 0.465. The SMILES string of the molecule is CC/C=C(\Cc1ccc(F)cc1F)SC(=N)c1cn2c(c(O)c1=O)C(=O)N(CC)CC2.COC. The number of amides is 1. The first kappa shape index (κ1) is 27.3. The van der Waals surface area contributed by atoms with Gasteiger partial charge < -0.3 is 19.3 Å². The van der Waals surface area contributed by atoms with Gasteiger partial charge in [0.25, 0.3) is 5.91 Å². The van der Waals surface area contributed by atoms with Crippen LogP contribution < -0.4 is 5.43 Å². The molecule has 2 aromatic rings. The minimum Gasteiger partial charge on any atom is -0.503 e. The molecular formula is C24H29F2N3O4S. The van der Waals surface area contributed by atoms with Gasteiger partial charge in [-0.25, -0.2) is 8.78 Å². The molecule has 0 spiro atoms. The highest BCUT2D eigenvalue weighted by atomic mass is 32.2. The maximum absolute atomic E-state index is 14.1. The van der Waals surface area contributed by atoms with Crippen molar-refractivity contribution in [2.75, 3.05) is 27.3 Å². The molecule has 0 saturated carbocycles. The van der Waals surface area contributed by atoms with E-state index in [0.29, 0.717) is 31.0 Å². The highest BCUT2D eigenvalue weighted by molar-refractivity contribution is 8.17. The normalized spacial score (nSPS) is 13.3. The van der Waals surface area contributed by atoms with Crippen LogP contribution in [0.1, 0.15) is 41.9 Å². The van der Waals surface area contributed by atoms with Gasteiger partial charge in [0.1, 0.15) is 16.7 Å². The lowest BCUT2D eigenvalue weighted by Gasteiger charge is -2.29. The van der Waals surface area contributed by atoms with E-state index in [0.717, 1.165) is 17.8 Å². The number of nitrogens with one attached hydrogen (secondary N) is 1. The summed E-state index contributed by atoms with van der Waals surface area (Å²) >= 11 is 0.974. The molecule has 0 bridgehead atoms. The molecule has 0 fully saturated rings. The number of methoxy groups -OCH3 is 1. The second-order valence-electron chi connectivity index (χ2n) is 7.48. The number of halogens is 2. The molecule has 1 aliphatic rings. The molecule has 1 aromatic carbocycles. The number of aromatic hydroxyl groups is 1. The van der Waals surface area contributed by atoms with Crippen LogP contribution in [-0.4, -0.2) is 52.8 Å². The van der Waals surface area contributed by atoms with Crippen LogP contribution in [0.2, 0.25) is 0 Å². The molecule has 2 heterocycles. The van der Waals surface area contributed by atoms with E-state index in [-0.39, 0.29) is 28.3 Å². The van der Waals surface area contributed by atoms with Crippen molar-refractivity contribution in [2.24, 2.45) is 0 Å². The summed E-state index contributed by atoms with van der Waals surface area (Å²) in [5, 5.41) is 18.7. The molecule has 184 valence electrons. The molecule has 1 aromatic heterocycles. The van der Waals surface area contributed by atoms with Gasteiger partial charge in [0.2, 0.25) is 5.43 Å². The molecule has 7 nitrogen and oxygen atoms in total. The van der Waals surface area contributed by atoms with Gasteiger partial charge in [-0.2, -0.15) is 0 Å². The Morgan fingerprint density at radius 2 is 1.91 bits per heavy atom. The lowest BCUT2D eigenvalue weighted by atomic mass is 10.1. The number of carbonyl (C=O) groups is 1. The Morgan fingerprint density at radius 1 is 1.24 bits per heavy atom. The van der Waals surface area contributed by atoms with Crippen molar-refractivity contribution in [1.82, 2.24) is 9.47 Å². The summed E-state index contributed by atoms with van der Waals surface area (Å²) in [5.74, 6) is -2.44. The zero-order valence-electron chi connectivity index (χ0n) is 19.7. The Bertz CT molecular complexity index is 1150.